The number of nitrogens with one attached hydrogen (secondary N) is 1. The maximum absolute atomic E-state index is 5.94. The molecule has 3 heterocycles. The second-order valence-corrected chi connectivity index (χ2v) is 7.46. The number of halogens is 1. The minimum Gasteiger partial charge on any atom is -0.443 e. The quantitative estimate of drug-likeness (QED) is 0.601. The molecule has 0 spiro atoms. The average molecular weight is 405 g/mol. The van der Waals surface area contributed by atoms with E-state index >= 15 is 0 Å². The Hall–Kier alpha value is -2.87. The topological polar surface area (TPSA) is 39.5 Å². The van der Waals surface area contributed by atoms with E-state index in [0.717, 1.165) is 39.8 Å². The Morgan fingerprint density at radius 1 is 0.966 bits per heavy atom. The number of H-pyrrole nitrogens is 1. The van der Waals surface area contributed by atoms with Gasteiger partial charge in [0.15, 0.2) is 6.20 Å². The zero-order valence-corrected chi connectivity index (χ0v) is 17.0. The SMILES string of the molecule is Clc1ccc(-c2ccc(C#Cc3ccc(OCCN4CCCC4)[nH+]c3)nc2)cc1. The van der Waals surface area contributed by atoms with Gasteiger partial charge >= 0.3 is 5.88 Å². The van der Waals surface area contributed by atoms with Crippen LogP contribution in [0.1, 0.15) is 24.1 Å². The maximum Gasteiger partial charge on any atom is 0.366 e. The lowest BCUT2D eigenvalue weighted by Crippen LogP contribution is -2.26. The van der Waals surface area contributed by atoms with Gasteiger partial charge in [0.1, 0.15) is 12.3 Å². The van der Waals surface area contributed by atoms with Crippen LogP contribution in [0, 0.1) is 11.8 Å². The van der Waals surface area contributed by atoms with Gasteiger partial charge in [0.2, 0.25) is 0 Å². The molecule has 0 saturated carbocycles. The normalized spacial score (nSPS) is 13.7. The van der Waals surface area contributed by atoms with Gasteiger partial charge in [0.25, 0.3) is 0 Å². The third kappa shape index (κ3) is 5.57. The number of hydrogen-bond donors (Lipinski definition) is 0. The van der Waals surface area contributed by atoms with Crippen molar-refractivity contribution in [2.45, 2.75) is 12.8 Å². The largest absolute Gasteiger partial charge is 0.443 e. The number of hydrogen-bond acceptors (Lipinski definition) is 3. The fraction of sp³-hybridized carbons (Fsp3) is 0.250. The first-order chi connectivity index (χ1) is 14.3. The highest BCUT2D eigenvalue weighted by Crippen LogP contribution is 2.20. The summed E-state index contributed by atoms with van der Waals surface area (Å²) in [7, 11) is 0. The second kappa shape index (κ2) is 9.56. The smallest absolute Gasteiger partial charge is 0.366 e. The molecule has 3 aromatic rings. The fourth-order valence-electron chi connectivity index (χ4n) is 3.29. The summed E-state index contributed by atoms with van der Waals surface area (Å²) in [5.41, 5.74) is 3.74. The highest BCUT2D eigenvalue weighted by atomic mass is 35.5. The Bertz CT molecular complexity index is 984. The Kier molecular flexibility index (Phi) is 6.41. The van der Waals surface area contributed by atoms with Crippen molar-refractivity contribution in [1.29, 1.82) is 0 Å². The molecule has 29 heavy (non-hydrogen) atoms. The number of benzene rings is 1. The lowest BCUT2D eigenvalue weighted by atomic mass is 10.1. The van der Waals surface area contributed by atoms with Gasteiger partial charge in [0.05, 0.1) is 11.6 Å². The van der Waals surface area contributed by atoms with Crippen LogP contribution in [0.15, 0.2) is 60.9 Å². The standard InChI is InChI=1S/C24H22ClN3O/c25-22-8-5-20(6-9-22)21-7-11-23(26-18-21)10-3-19-4-12-24(27-17-19)29-16-15-28-13-1-2-14-28/h4-9,11-12,17-18H,1-2,13-16H2/p+1. The van der Waals surface area contributed by atoms with E-state index in [2.05, 4.69) is 26.7 Å². The van der Waals surface area contributed by atoms with Gasteiger partial charge in [-0.05, 0) is 61.7 Å². The van der Waals surface area contributed by atoms with Crippen molar-refractivity contribution in [2.24, 2.45) is 0 Å². The molecule has 4 nitrogen and oxygen atoms in total. The highest BCUT2D eigenvalue weighted by molar-refractivity contribution is 6.30. The Morgan fingerprint density at radius 2 is 1.76 bits per heavy atom. The molecule has 1 N–H and O–H groups in total. The maximum atomic E-state index is 5.94. The minimum atomic E-state index is 0.700. The molecule has 1 aromatic carbocycles. The molecule has 5 heteroatoms. The molecule has 2 aromatic heterocycles. The zero-order valence-electron chi connectivity index (χ0n) is 16.2. The summed E-state index contributed by atoms with van der Waals surface area (Å²) in [6.45, 7) is 4.06. The predicted molar refractivity (Wildman–Crippen MR) is 115 cm³/mol. The molecule has 0 radical (unpaired) electrons. The van der Waals surface area contributed by atoms with E-state index in [0.29, 0.717) is 6.61 Å². The van der Waals surface area contributed by atoms with E-state index in [1.54, 1.807) is 0 Å². The van der Waals surface area contributed by atoms with Crippen molar-refractivity contribution in [3.05, 3.63) is 77.2 Å². The van der Waals surface area contributed by atoms with Gasteiger partial charge in [-0.3, -0.25) is 4.90 Å². The minimum absolute atomic E-state index is 0.700. The van der Waals surface area contributed by atoms with Crippen molar-refractivity contribution in [2.75, 3.05) is 26.2 Å². The van der Waals surface area contributed by atoms with Crippen LogP contribution < -0.4 is 9.72 Å². The Balaban J connectivity index is 1.32. The third-order valence-electron chi connectivity index (χ3n) is 4.92. The number of pyridine rings is 2. The molecule has 0 bridgehead atoms. The lowest BCUT2D eigenvalue weighted by molar-refractivity contribution is -0.394. The summed E-state index contributed by atoms with van der Waals surface area (Å²) in [5, 5.41) is 0.726. The van der Waals surface area contributed by atoms with Gasteiger partial charge < -0.3 is 4.74 Å². The second-order valence-electron chi connectivity index (χ2n) is 7.03. The molecule has 0 aliphatic carbocycles. The van der Waals surface area contributed by atoms with Crippen LogP contribution in [0.25, 0.3) is 11.1 Å². The van der Waals surface area contributed by atoms with E-state index < -0.39 is 0 Å². The molecular weight excluding hydrogens is 382 g/mol. The summed E-state index contributed by atoms with van der Waals surface area (Å²) >= 11 is 5.94. The molecule has 1 fully saturated rings. The Labute approximate surface area is 176 Å². The first-order valence-electron chi connectivity index (χ1n) is 9.87. The lowest BCUT2D eigenvalue weighted by Gasteiger charge is -2.13. The fourth-order valence-corrected chi connectivity index (χ4v) is 3.41. The van der Waals surface area contributed by atoms with Crippen LogP contribution >= 0.6 is 11.6 Å². The molecule has 1 saturated heterocycles. The number of ether oxygens (including phenoxy) is 1. The first kappa shape index (κ1) is 19.4. The summed E-state index contributed by atoms with van der Waals surface area (Å²) in [4.78, 5) is 10.0. The molecule has 4 rings (SSSR count). The van der Waals surface area contributed by atoms with E-state index in [-0.39, 0.29) is 0 Å². The van der Waals surface area contributed by atoms with Crippen molar-refractivity contribution >= 4 is 11.6 Å². The summed E-state index contributed by atoms with van der Waals surface area (Å²) in [5.74, 6) is 6.99. The molecule has 1 aliphatic rings. The first-order valence-corrected chi connectivity index (χ1v) is 10.2. The average Bonchev–Trinajstić information content (AvgIpc) is 3.28. The van der Waals surface area contributed by atoms with Crippen LogP contribution in [0.5, 0.6) is 5.88 Å². The van der Waals surface area contributed by atoms with Crippen LogP contribution in [0.3, 0.4) is 0 Å². The molecular formula is C24H23ClN3O+. The van der Waals surface area contributed by atoms with E-state index in [4.69, 9.17) is 16.3 Å². The summed E-state index contributed by atoms with van der Waals surface area (Å²) in [6.07, 6.45) is 6.30. The van der Waals surface area contributed by atoms with Gasteiger partial charge in [0, 0.05) is 23.3 Å². The Morgan fingerprint density at radius 3 is 2.45 bits per heavy atom. The van der Waals surface area contributed by atoms with Crippen molar-refractivity contribution in [3.8, 4) is 28.8 Å². The molecule has 0 atom stereocenters. The van der Waals surface area contributed by atoms with Crippen LogP contribution in [0.4, 0.5) is 0 Å². The predicted octanol–water partition coefficient (Wildman–Crippen LogP) is 4.09. The number of nitrogens with zero attached hydrogens (tertiary/aromatic N) is 2. The number of aromatic amines is 1. The van der Waals surface area contributed by atoms with Crippen LogP contribution in [-0.2, 0) is 0 Å². The number of likely N-dealkylation sites (tertiary alicyclic amines) is 1. The van der Waals surface area contributed by atoms with Gasteiger partial charge in [-0.2, -0.15) is 4.98 Å². The van der Waals surface area contributed by atoms with Crippen molar-refractivity contribution in [1.82, 2.24) is 9.88 Å². The van der Waals surface area contributed by atoms with E-state index in [9.17, 15) is 0 Å². The van der Waals surface area contributed by atoms with Crippen LogP contribution in [0.2, 0.25) is 5.02 Å². The number of rotatable bonds is 5. The van der Waals surface area contributed by atoms with E-state index in [1.165, 1.54) is 25.9 Å². The van der Waals surface area contributed by atoms with Gasteiger partial charge in [-0.1, -0.05) is 35.7 Å². The van der Waals surface area contributed by atoms with Gasteiger partial charge in [-0.25, -0.2) is 4.98 Å². The van der Waals surface area contributed by atoms with Crippen molar-refractivity contribution in [3.63, 3.8) is 0 Å². The highest BCUT2D eigenvalue weighted by Gasteiger charge is 2.11. The van der Waals surface area contributed by atoms with Crippen LogP contribution in [-0.4, -0.2) is 36.1 Å². The monoisotopic (exact) mass is 404 g/mol. The van der Waals surface area contributed by atoms with Gasteiger partial charge in [-0.15, -0.1) is 0 Å². The molecule has 0 unspecified atom stereocenters. The molecule has 0 amide bonds. The number of aromatic nitrogens is 2. The molecule has 1 aliphatic heterocycles. The molecule has 146 valence electrons. The third-order valence-corrected chi connectivity index (χ3v) is 5.18. The zero-order chi connectivity index (χ0) is 19.9. The van der Waals surface area contributed by atoms with Crippen molar-refractivity contribution < 1.29 is 9.72 Å². The van der Waals surface area contributed by atoms with E-state index in [1.807, 2.05) is 60.9 Å². The summed E-state index contributed by atoms with van der Waals surface area (Å²) in [6, 6.07) is 15.5. The summed E-state index contributed by atoms with van der Waals surface area (Å²) < 4.78 is 5.78.